The van der Waals surface area contributed by atoms with Crippen molar-refractivity contribution in [1.82, 2.24) is 19.2 Å². The quantitative estimate of drug-likeness (QED) is 0.238. The Bertz CT molecular complexity index is 912. The number of nitro benzene ring substituents is 1. The molecule has 0 radical (unpaired) electrons. The number of hydrogen-bond acceptors (Lipinski definition) is 7. The van der Waals surface area contributed by atoms with Gasteiger partial charge in [0.2, 0.25) is 5.91 Å². The van der Waals surface area contributed by atoms with Crippen LogP contribution in [0.2, 0.25) is 0 Å². The van der Waals surface area contributed by atoms with E-state index in [-0.39, 0.29) is 29.9 Å². The molecule has 1 heterocycles. The number of benzene rings is 1. The summed E-state index contributed by atoms with van der Waals surface area (Å²) in [6, 6.07) is 3.26. The van der Waals surface area contributed by atoms with Crippen LogP contribution >= 0.6 is 0 Å². The van der Waals surface area contributed by atoms with Crippen molar-refractivity contribution >= 4 is 33.6 Å². The number of carbonyl (C=O) groups is 3. The largest absolute Gasteiger partial charge is 0.353 e. The normalized spacial score (nSPS) is 13.8. The summed E-state index contributed by atoms with van der Waals surface area (Å²) in [5, 5.41) is 13.2. The van der Waals surface area contributed by atoms with Gasteiger partial charge in [0.05, 0.1) is 16.1 Å². The molecule has 0 aliphatic carbocycles. The van der Waals surface area contributed by atoms with E-state index in [0.29, 0.717) is 4.90 Å². The van der Waals surface area contributed by atoms with Crippen molar-refractivity contribution < 1.29 is 27.7 Å². The Morgan fingerprint density at radius 1 is 1.19 bits per heavy atom. The maximum Gasteiger partial charge on any atom is 0.278 e. The van der Waals surface area contributed by atoms with Crippen molar-refractivity contribution in [1.29, 1.82) is 0 Å². The average molecular weight is 399 g/mol. The number of non-ortho nitro benzene ring substituents is 1. The van der Waals surface area contributed by atoms with E-state index in [1.54, 1.807) is 0 Å². The summed E-state index contributed by atoms with van der Waals surface area (Å²) in [6.07, 6.45) is 0. The van der Waals surface area contributed by atoms with Gasteiger partial charge in [-0.1, -0.05) is 0 Å². The van der Waals surface area contributed by atoms with Gasteiger partial charge in [-0.3, -0.25) is 29.4 Å². The molecule has 2 N–H and O–H groups in total. The molecule has 12 nitrogen and oxygen atoms in total. The number of rotatable bonds is 8. The van der Waals surface area contributed by atoms with Gasteiger partial charge in [-0.2, -0.15) is 12.7 Å². The molecule has 1 aromatic rings. The zero-order chi connectivity index (χ0) is 20.4. The molecule has 1 aliphatic rings. The molecule has 3 amide bonds. The number of carbonyl (C=O) groups excluding carboxylic acids is 3. The van der Waals surface area contributed by atoms with Crippen LogP contribution in [0.4, 0.5) is 5.69 Å². The summed E-state index contributed by atoms with van der Waals surface area (Å²) in [6.45, 7) is -0.721. The Morgan fingerprint density at radius 3 is 2.41 bits per heavy atom. The van der Waals surface area contributed by atoms with E-state index in [2.05, 4.69) is 10.0 Å². The summed E-state index contributed by atoms with van der Waals surface area (Å²) in [5.74, 6) is -2.21. The third kappa shape index (κ3) is 4.45. The molecule has 27 heavy (non-hydrogen) atoms. The van der Waals surface area contributed by atoms with Gasteiger partial charge in [-0.25, -0.2) is 4.72 Å². The Kier molecular flexibility index (Phi) is 5.88. The molecule has 1 aromatic carbocycles. The van der Waals surface area contributed by atoms with Crippen molar-refractivity contribution in [3.63, 3.8) is 0 Å². The summed E-state index contributed by atoms with van der Waals surface area (Å²) >= 11 is 0. The lowest BCUT2D eigenvalue weighted by Gasteiger charge is -2.15. The molecule has 0 spiro atoms. The fourth-order valence-electron chi connectivity index (χ4n) is 2.25. The first kappa shape index (κ1) is 20.4. The van der Waals surface area contributed by atoms with Gasteiger partial charge in [-0.15, -0.1) is 0 Å². The van der Waals surface area contributed by atoms with Gasteiger partial charge in [0, 0.05) is 39.3 Å². The van der Waals surface area contributed by atoms with Gasteiger partial charge >= 0.3 is 0 Å². The Balaban J connectivity index is 1.94. The van der Waals surface area contributed by atoms with Gasteiger partial charge in [0.15, 0.2) is 0 Å². The molecule has 146 valence electrons. The SMILES string of the molecule is CN(C)S(=O)(=O)NCCNC(=O)CN1C(=O)c2ccc([N+](=O)[O-])cc2C1=O. The monoisotopic (exact) mass is 399 g/mol. The van der Waals surface area contributed by atoms with Crippen molar-refractivity contribution in [2.75, 3.05) is 33.7 Å². The molecule has 0 atom stereocenters. The molecule has 2 rings (SSSR count). The highest BCUT2D eigenvalue weighted by Gasteiger charge is 2.37. The van der Waals surface area contributed by atoms with E-state index in [1.165, 1.54) is 20.2 Å². The molecule has 0 aromatic heterocycles. The predicted molar refractivity (Wildman–Crippen MR) is 92.1 cm³/mol. The second-order valence-electron chi connectivity index (χ2n) is 5.72. The van der Waals surface area contributed by atoms with Crippen LogP contribution in [0, 0.1) is 10.1 Å². The molecule has 0 fully saturated rings. The number of nitrogens with zero attached hydrogens (tertiary/aromatic N) is 3. The standard InChI is InChI=1S/C14H17N5O7S/c1-17(2)27(25,26)16-6-5-15-12(20)8-18-13(21)10-4-3-9(19(23)24)7-11(10)14(18)22/h3-4,7,16H,5-6,8H2,1-2H3,(H,15,20). The first-order chi connectivity index (χ1) is 12.5. The molecule has 0 saturated heterocycles. The maximum absolute atomic E-state index is 12.3. The van der Waals surface area contributed by atoms with Gasteiger partial charge in [0.25, 0.3) is 27.7 Å². The first-order valence-corrected chi connectivity index (χ1v) is 9.07. The smallest absolute Gasteiger partial charge is 0.278 e. The molecule has 13 heteroatoms. The molecule has 0 saturated carbocycles. The predicted octanol–water partition coefficient (Wildman–Crippen LogP) is -1.30. The van der Waals surface area contributed by atoms with Crippen molar-refractivity contribution in [3.05, 3.63) is 39.4 Å². The van der Waals surface area contributed by atoms with E-state index in [9.17, 15) is 32.9 Å². The lowest BCUT2D eigenvalue weighted by Crippen LogP contribution is -2.44. The summed E-state index contributed by atoms with van der Waals surface area (Å²) in [4.78, 5) is 47.2. The van der Waals surface area contributed by atoms with Gasteiger partial charge in [-0.05, 0) is 6.07 Å². The second-order valence-corrected chi connectivity index (χ2v) is 7.68. The van der Waals surface area contributed by atoms with E-state index < -0.39 is 39.4 Å². The minimum atomic E-state index is -3.63. The zero-order valence-corrected chi connectivity index (χ0v) is 15.3. The van der Waals surface area contributed by atoms with Crippen LogP contribution in [0.1, 0.15) is 20.7 Å². The molecule has 0 bridgehead atoms. The number of hydrogen-bond donors (Lipinski definition) is 2. The zero-order valence-electron chi connectivity index (χ0n) is 14.5. The summed E-state index contributed by atoms with van der Waals surface area (Å²) < 4.78 is 26.2. The fraction of sp³-hybridized carbons (Fsp3) is 0.357. The van der Waals surface area contributed by atoms with Crippen LogP contribution in [0.3, 0.4) is 0 Å². The van der Waals surface area contributed by atoms with Crippen LogP contribution < -0.4 is 10.0 Å². The average Bonchev–Trinajstić information content (AvgIpc) is 2.83. The molecule has 0 unspecified atom stereocenters. The topological polar surface area (TPSA) is 159 Å². The Morgan fingerprint density at radius 2 is 1.81 bits per heavy atom. The minimum Gasteiger partial charge on any atom is -0.353 e. The lowest BCUT2D eigenvalue weighted by atomic mass is 10.1. The first-order valence-electron chi connectivity index (χ1n) is 7.63. The third-order valence-corrected chi connectivity index (χ3v) is 5.21. The lowest BCUT2D eigenvalue weighted by molar-refractivity contribution is -0.384. The summed E-state index contributed by atoms with van der Waals surface area (Å²) in [5.41, 5.74) is -0.493. The Hall–Kier alpha value is -2.90. The highest BCUT2D eigenvalue weighted by Crippen LogP contribution is 2.26. The number of nitro groups is 1. The van der Waals surface area contributed by atoms with Crippen LogP contribution in [0.5, 0.6) is 0 Å². The van der Waals surface area contributed by atoms with E-state index in [0.717, 1.165) is 16.4 Å². The highest BCUT2D eigenvalue weighted by molar-refractivity contribution is 7.87. The van der Waals surface area contributed by atoms with Gasteiger partial charge < -0.3 is 5.32 Å². The van der Waals surface area contributed by atoms with Crippen molar-refractivity contribution in [3.8, 4) is 0 Å². The number of imide groups is 1. The fourth-order valence-corrected chi connectivity index (χ4v) is 2.86. The minimum absolute atomic E-state index is 0.0165. The highest BCUT2D eigenvalue weighted by atomic mass is 32.2. The Labute approximate surface area is 154 Å². The van der Waals surface area contributed by atoms with E-state index in [1.807, 2.05) is 0 Å². The number of nitrogens with one attached hydrogen (secondary N) is 2. The van der Waals surface area contributed by atoms with Crippen LogP contribution in [-0.4, -0.2) is 74.0 Å². The molecular formula is C14H17N5O7S. The summed E-state index contributed by atoms with van der Waals surface area (Å²) in [7, 11) is -0.944. The van der Waals surface area contributed by atoms with Crippen LogP contribution in [0.25, 0.3) is 0 Å². The van der Waals surface area contributed by atoms with Crippen LogP contribution in [-0.2, 0) is 15.0 Å². The third-order valence-electron chi connectivity index (χ3n) is 3.68. The number of amides is 3. The molecular weight excluding hydrogens is 382 g/mol. The van der Waals surface area contributed by atoms with Gasteiger partial charge in [0.1, 0.15) is 6.54 Å². The second kappa shape index (κ2) is 7.77. The van der Waals surface area contributed by atoms with Crippen molar-refractivity contribution in [2.24, 2.45) is 0 Å². The van der Waals surface area contributed by atoms with E-state index >= 15 is 0 Å². The van der Waals surface area contributed by atoms with Crippen LogP contribution in [0.15, 0.2) is 18.2 Å². The van der Waals surface area contributed by atoms with E-state index in [4.69, 9.17) is 0 Å². The van der Waals surface area contributed by atoms with Crippen molar-refractivity contribution in [2.45, 2.75) is 0 Å². The molecule has 1 aliphatic heterocycles. The number of fused-ring (bicyclic) bond motifs is 1. The maximum atomic E-state index is 12.3.